The van der Waals surface area contributed by atoms with Gasteiger partial charge in [-0.1, -0.05) is 6.92 Å². The van der Waals surface area contributed by atoms with Crippen LogP contribution in [-0.2, 0) is 0 Å². The van der Waals surface area contributed by atoms with Gasteiger partial charge >= 0.3 is 0 Å². The van der Waals surface area contributed by atoms with Crippen molar-refractivity contribution < 1.29 is 10.4 Å². The maximum Gasteiger partial charge on any atom is 0.0473 e. The monoisotopic (exact) mass is 191 g/mol. The molecule has 5 heteroatoms. The highest BCUT2D eigenvalue weighted by Gasteiger charge is 2.14. The molecule has 4 N–H and O–H groups in total. The summed E-state index contributed by atoms with van der Waals surface area (Å²) in [5.41, 5.74) is 5.52. The van der Waals surface area contributed by atoms with Gasteiger partial charge in [0.2, 0.25) is 0 Å². The summed E-state index contributed by atoms with van der Waals surface area (Å²) in [6, 6.07) is -0.183. The minimum absolute atomic E-state index is 0.0683. The molecule has 0 aromatic carbocycles. The lowest BCUT2D eigenvalue weighted by atomic mass is 10.3. The van der Waals surface area contributed by atoms with Gasteiger partial charge in [0, 0.05) is 31.7 Å². The van der Waals surface area contributed by atoms with Crippen LogP contribution < -0.4 is 5.73 Å². The van der Waals surface area contributed by atoms with Crippen LogP contribution in [0.5, 0.6) is 0 Å². The number of hydrogen-bond acceptors (Lipinski definition) is 5. The molecule has 0 aromatic heterocycles. The average Bonchev–Trinajstić information content (AvgIpc) is 2.02. The van der Waals surface area contributed by atoms with E-state index in [0.717, 1.165) is 10.1 Å². The molecule has 0 rings (SSSR count). The van der Waals surface area contributed by atoms with Gasteiger partial charge in [-0.25, -0.2) is 0 Å². The summed E-state index contributed by atoms with van der Waals surface area (Å²) in [6.45, 7) is 6.89. The van der Waals surface area contributed by atoms with Crippen molar-refractivity contribution in [2.45, 2.75) is 32.9 Å². The lowest BCUT2D eigenvalue weighted by Crippen LogP contribution is -2.44. The predicted octanol–water partition coefficient (Wildman–Crippen LogP) is 0.124. The van der Waals surface area contributed by atoms with E-state index >= 15 is 0 Å². The second-order valence-electron chi connectivity index (χ2n) is 3.45. The fourth-order valence-corrected chi connectivity index (χ4v) is 1.00. The molecular formula is C8H21N3O2. The Morgan fingerprint density at radius 1 is 1.23 bits per heavy atom. The van der Waals surface area contributed by atoms with E-state index in [-0.39, 0.29) is 12.1 Å². The third kappa shape index (κ3) is 5.95. The Balaban J connectivity index is 3.74. The molecule has 0 saturated carbocycles. The van der Waals surface area contributed by atoms with Crippen molar-refractivity contribution in [3.63, 3.8) is 0 Å². The van der Waals surface area contributed by atoms with Crippen LogP contribution in [0, 0.1) is 0 Å². The Bertz CT molecular complexity index is 133. The number of likely N-dealkylation sites (N-methyl/N-ethyl adjacent to an activating group) is 1. The lowest BCUT2D eigenvalue weighted by molar-refractivity contribution is -0.164. The molecule has 0 radical (unpaired) electrons. The molecule has 0 fully saturated rings. The van der Waals surface area contributed by atoms with Crippen molar-refractivity contribution in [1.82, 2.24) is 10.1 Å². The van der Waals surface area contributed by atoms with Crippen LogP contribution in [0.25, 0.3) is 0 Å². The Morgan fingerprint density at radius 2 is 1.77 bits per heavy atom. The van der Waals surface area contributed by atoms with Crippen LogP contribution in [0.15, 0.2) is 0 Å². The number of hydrogen-bond donors (Lipinski definition) is 3. The molecule has 0 aromatic rings. The highest BCUT2D eigenvalue weighted by atomic mass is 16.5. The second kappa shape index (κ2) is 6.28. The molecular weight excluding hydrogens is 170 g/mol. The minimum Gasteiger partial charge on any atom is -0.327 e. The van der Waals surface area contributed by atoms with Gasteiger partial charge in [0.05, 0.1) is 0 Å². The van der Waals surface area contributed by atoms with Crippen molar-refractivity contribution in [3.05, 3.63) is 0 Å². The van der Waals surface area contributed by atoms with E-state index in [1.807, 2.05) is 20.8 Å². The zero-order chi connectivity index (χ0) is 10.4. The molecule has 0 aliphatic heterocycles. The summed E-state index contributed by atoms with van der Waals surface area (Å²) >= 11 is 0. The van der Waals surface area contributed by atoms with Crippen LogP contribution in [0.3, 0.4) is 0 Å². The standard InChI is InChI=1S/C8H21N3O2/c1-4-10(12)6-8(3)11(13)5-7(2)9/h7-8,12-13H,4-6,9H2,1-3H3. The van der Waals surface area contributed by atoms with Gasteiger partial charge in [-0.05, 0) is 13.8 Å². The number of hydroxylamine groups is 4. The SMILES string of the molecule is CCN(O)CC(C)N(O)CC(C)N. The second-order valence-corrected chi connectivity index (χ2v) is 3.45. The van der Waals surface area contributed by atoms with Crippen LogP contribution in [0.2, 0.25) is 0 Å². The van der Waals surface area contributed by atoms with Gasteiger partial charge in [-0.15, -0.1) is 0 Å². The van der Waals surface area contributed by atoms with Crippen LogP contribution in [0.1, 0.15) is 20.8 Å². The van der Waals surface area contributed by atoms with E-state index in [0.29, 0.717) is 19.6 Å². The third-order valence-electron chi connectivity index (χ3n) is 1.82. The first kappa shape index (κ1) is 12.8. The van der Waals surface area contributed by atoms with Crippen molar-refractivity contribution in [2.75, 3.05) is 19.6 Å². The first-order chi connectivity index (χ1) is 5.97. The van der Waals surface area contributed by atoms with Gasteiger partial charge in [-0.2, -0.15) is 10.1 Å². The van der Waals surface area contributed by atoms with Gasteiger partial charge in [0.15, 0.2) is 0 Å². The topological polar surface area (TPSA) is 73.0 Å². The van der Waals surface area contributed by atoms with Gasteiger partial charge in [-0.3, -0.25) is 0 Å². The van der Waals surface area contributed by atoms with Crippen LogP contribution >= 0.6 is 0 Å². The fourth-order valence-electron chi connectivity index (χ4n) is 1.00. The zero-order valence-electron chi connectivity index (χ0n) is 8.64. The van der Waals surface area contributed by atoms with E-state index in [9.17, 15) is 10.4 Å². The van der Waals surface area contributed by atoms with Gasteiger partial charge in [0.1, 0.15) is 0 Å². The normalized spacial score (nSPS) is 16.6. The maximum absolute atomic E-state index is 9.45. The van der Waals surface area contributed by atoms with Crippen molar-refractivity contribution in [3.8, 4) is 0 Å². The Kier molecular flexibility index (Phi) is 6.19. The molecule has 80 valence electrons. The molecule has 0 heterocycles. The van der Waals surface area contributed by atoms with Crippen LogP contribution in [-0.4, -0.2) is 52.3 Å². The minimum atomic E-state index is -0.115. The predicted molar refractivity (Wildman–Crippen MR) is 50.6 cm³/mol. The third-order valence-corrected chi connectivity index (χ3v) is 1.82. The van der Waals surface area contributed by atoms with Crippen LogP contribution in [0.4, 0.5) is 0 Å². The number of nitrogens with two attached hydrogens (primary N) is 1. The Hall–Kier alpha value is -0.200. The van der Waals surface area contributed by atoms with Crippen molar-refractivity contribution >= 4 is 0 Å². The quantitative estimate of drug-likeness (QED) is 0.520. The molecule has 0 aliphatic rings. The summed E-state index contributed by atoms with van der Waals surface area (Å²) < 4.78 is 0. The van der Waals surface area contributed by atoms with Gasteiger partial charge in [0.25, 0.3) is 0 Å². The van der Waals surface area contributed by atoms with E-state index < -0.39 is 0 Å². The molecule has 0 aliphatic carbocycles. The summed E-state index contributed by atoms with van der Waals surface area (Å²) in [5, 5.41) is 20.9. The van der Waals surface area contributed by atoms with E-state index in [1.165, 1.54) is 0 Å². The Labute approximate surface area is 79.6 Å². The molecule has 5 nitrogen and oxygen atoms in total. The molecule has 0 saturated heterocycles. The highest BCUT2D eigenvalue weighted by molar-refractivity contribution is 4.65. The first-order valence-electron chi connectivity index (χ1n) is 4.62. The highest BCUT2D eigenvalue weighted by Crippen LogP contribution is 1.98. The fraction of sp³-hybridized carbons (Fsp3) is 1.00. The smallest absolute Gasteiger partial charge is 0.0473 e. The summed E-state index contributed by atoms with van der Waals surface area (Å²) in [7, 11) is 0. The first-order valence-corrected chi connectivity index (χ1v) is 4.62. The molecule has 2 atom stereocenters. The summed E-state index contributed by atoms with van der Waals surface area (Å²) in [4.78, 5) is 0. The largest absolute Gasteiger partial charge is 0.327 e. The number of nitrogens with zero attached hydrogens (tertiary/aromatic N) is 2. The zero-order valence-corrected chi connectivity index (χ0v) is 8.64. The van der Waals surface area contributed by atoms with E-state index in [1.54, 1.807) is 0 Å². The molecule has 13 heavy (non-hydrogen) atoms. The van der Waals surface area contributed by atoms with Crippen molar-refractivity contribution in [2.24, 2.45) is 5.73 Å². The summed E-state index contributed by atoms with van der Waals surface area (Å²) in [6.07, 6.45) is 0. The van der Waals surface area contributed by atoms with E-state index in [4.69, 9.17) is 5.73 Å². The molecule has 0 amide bonds. The number of rotatable bonds is 6. The average molecular weight is 191 g/mol. The molecule has 2 unspecified atom stereocenters. The van der Waals surface area contributed by atoms with E-state index in [2.05, 4.69) is 0 Å². The molecule has 0 spiro atoms. The van der Waals surface area contributed by atoms with Gasteiger partial charge < -0.3 is 16.1 Å². The maximum atomic E-state index is 9.45. The molecule has 0 bridgehead atoms. The Morgan fingerprint density at radius 3 is 2.15 bits per heavy atom. The van der Waals surface area contributed by atoms with Crippen molar-refractivity contribution in [1.29, 1.82) is 0 Å². The summed E-state index contributed by atoms with van der Waals surface area (Å²) in [5.74, 6) is 0. The lowest BCUT2D eigenvalue weighted by Gasteiger charge is -2.26.